The van der Waals surface area contributed by atoms with Crippen LogP contribution in [0.5, 0.6) is 5.75 Å². The third kappa shape index (κ3) is 4.70. The van der Waals surface area contributed by atoms with E-state index in [-0.39, 0.29) is 30.5 Å². The first-order valence-electron chi connectivity index (χ1n) is 10.6. The van der Waals surface area contributed by atoms with Crippen LogP contribution in [0.2, 0.25) is 5.02 Å². The predicted molar refractivity (Wildman–Crippen MR) is 123 cm³/mol. The van der Waals surface area contributed by atoms with Crippen LogP contribution in [0, 0.1) is 10.1 Å². The highest BCUT2D eigenvalue weighted by Gasteiger charge is 2.41. The number of ether oxygens (including phenoxy) is 1. The molecule has 2 aliphatic heterocycles. The number of piperazine rings is 1. The van der Waals surface area contributed by atoms with Crippen LogP contribution in [0.3, 0.4) is 0 Å². The predicted octanol–water partition coefficient (Wildman–Crippen LogP) is 2.89. The number of aromatic nitrogens is 1. The van der Waals surface area contributed by atoms with Crippen molar-refractivity contribution in [1.29, 1.82) is 0 Å². The molecule has 0 spiro atoms. The van der Waals surface area contributed by atoms with E-state index >= 15 is 0 Å². The molecule has 0 atom stereocenters. The van der Waals surface area contributed by atoms with Crippen molar-refractivity contribution in [2.45, 2.75) is 25.9 Å². The molecule has 3 heterocycles. The van der Waals surface area contributed by atoms with Crippen LogP contribution >= 0.6 is 11.6 Å². The molecule has 2 amide bonds. The van der Waals surface area contributed by atoms with Gasteiger partial charge in [-0.1, -0.05) is 11.6 Å². The van der Waals surface area contributed by atoms with Gasteiger partial charge in [-0.15, -0.1) is 0 Å². The lowest BCUT2D eigenvalue weighted by Crippen LogP contribution is -2.54. The van der Waals surface area contributed by atoms with E-state index in [1.807, 2.05) is 4.90 Å². The van der Waals surface area contributed by atoms with Crippen LogP contribution in [0.4, 0.5) is 17.2 Å². The second-order valence-corrected chi connectivity index (χ2v) is 8.87. The minimum Gasteiger partial charge on any atom is -0.476 e. The van der Waals surface area contributed by atoms with Crippen molar-refractivity contribution < 1.29 is 19.2 Å². The molecular formula is C22H24ClN5O5. The van der Waals surface area contributed by atoms with Gasteiger partial charge in [-0.25, -0.2) is 4.98 Å². The zero-order chi connectivity index (χ0) is 23.8. The number of fused-ring (bicyclic) bond motifs is 1. The molecule has 0 radical (unpaired) electrons. The largest absolute Gasteiger partial charge is 0.476 e. The maximum Gasteiger partial charge on any atom is 0.287 e. The number of halogens is 1. The first-order valence-corrected chi connectivity index (χ1v) is 11.0. The molecule has 11 heteroatoms. The number of pyridine rings is 1. The second-order valence-electron chi connectivity index (χ2n) is 8.43. The first kappa shape index (κ1) is 22.8. The zero-order valence-electron chi connectivity index (χ0n) is 18.4. The molecule has 174 valence electrons. The van der Waals surface area contributed by atoms with Crippen LogP contribution in [-0.2, 0) is 9.59 Å². The number of carbonyl (C=O) groups is 2. The first-order chi connectivity index (χ1) is 15.7. The van der Waals surface area contributed by atoms with Gasteiger partial charge in [0.2, 0.25) is 5.91 Å². The van der Waals surface area contributed by atoms with Crippen molar-refractivity contribution in [2.24, 2.45) is 0 Å². The van der Waals surface area contributed by atoms with E-state index in [4.69, 9.17) is 16.3 Å². The summed E-state index contributed by atoms with van der Waals surface area (Å²) in [5.74, 6) is 0.925. The Labute approximate surface area is 195 Å². The molecular weight excluding hydrogens is 450 g/mol. The van der Waals surface area contributed by atoms with E-state index < -0.39 is 10.5 Å². The number of rotatable bonds is 5. The van der Waals surface area contributed by atoms with Crippen molar-refractivity contribution >= 4 is 40.6 Å². The Hall–Kier alpha value is -3.40. The van der Waals surface area contributed by atoms with E-state index in [1.165, 1.54) is 12.3 Å². The molecule has 1 saturated heterocycles. The summed E-state index contributed by atoms with van der Waals surface area (Å²) in [5.41, 5.74) is -0.530. The monoisotopic (exact) mass is 473 g/mol. The molecule has 0 unspecified atom stereocenters. The van der Waals surface area contributed by atoms with Crippen molar-refractivity contribution in [1.82, 2.24) is 9.88 Å². The third-order valence-electron chi connectivity index (χ3n) is 5.79. The number of nitrogens with zero attached hydrogens (tertiary/aromatic N) is 5. The summed E-state index contributed by atoms with van der Waals surface area (Å²) in [4.78, 5) is 45.6. The quantitative estimate of drug-likeness (QED) is 0.485. The molecule has 1 fully saturated rings. The lowest BCUT2D eigenvalue weighted by atomic mass is 10.0. The molecule has 0 aliphatic carbocycles. The molecule has 0 bridgehead atoms. The van der Waals surface area contributed by atoms with Crippen LogP contribution in [0.15, 0.2) is 36.5 Å². The lowest BCUT2D eigenvalue weighted by Gasteiger charge is -2.39. The summed E-state index contributed by atoms with van der Waals surface area (Å²) in [5, 5.41) is 11.3. The summed E-state index contributed by atoms with van der Waals surface area (Å²) in [6.45, 7) is 5.77. The third-order valence-corrected chi connectivity index (χ3v) is 6.02. The number of hydrogen-bond donors (Lipinski definition) is 0. The fourth-order valence-corrected chi connectivity index (χ4v) is 4.15. The Morgan fingerprint density at radius 3 is 2.58 bits per heavy atom. The van der Waals surface area contributed by atoms with Gasteiger partial charge in [0.05, 0.1) is 10.6 Å². The highest BCUT2D eigenvalue weighted by molar-refractivity contribution is 6.31. The number of nitro groups is 1. The minimum absolute atomic E-state index is 0.0491. The van der Waals surface area contributed by atoms with Gasteiger partial charge < -0.3 is 19.4 Å². The SMILES string of the molecule is CC1(C)Oc2ccc(Cl)cc2N(CCC(=O)N2CCN(c3ccc([N+](=O)[O-])cn3)CC2)C1=O. The van der Waals surface area contributed by atoms with Crippen molar-refractivity contribution in [3.63, 3.8) is 0 Å². The molecule has 1 aromatic carbocycles. The molecule has 1 aromatic heterocycles. The number of benzene rings is 1. The highest BCUT2D eigenvalue weighted by Crippen LogP contribution is 2.39. The molecule has 4 rings (SSSR count). The lowest BCUT2D eigenvalue weighted by molar-refractivity contribution is -0.385. The summed E-state index contributed by atoms with van der Waals surface area (Å²) < 4.78 is 5.82. The van der Waals surface area contributed by atoms with Crippen molar-refractivity contribution in [2.75, 3.05) is 42.5 Å². The van der Waals surface area contributed by atoms with Crippen molar-refractivity contribution in [3.8, 4) is 5.75 Å². The Bertz CT molecular complexity index is 1080. The molecule has 2 aliphatic rings. The average molecular weight is 474 g/mol. The number of hydrogen-bond acceptors (Lipinski definition) is 7. The fraction of sp³-hybridized carbons (Fsp3) is 0.409. The van der Waals surface area contributed by atoms with Crippen LogP contribution in [0.1, 0.15) is 20.3 Å². The number of amides is 2. The topological polar surface area (TPSA) is 109 Å². The van der Waals surface area contributed by atoms with Gasteiger partial charge in [-0.05, 0) is 38.1 Å². The standard InChI is InChI=1S/C22H24ClN5O5/c1-22(2)21(30)27(17-13-15(23)3-5-18(17)33-22)8-7-20(29)26-11-9-25(10-12-26)19-6-4-16(14-24-19)28(31)32/h3-6,13-14H,7-12H2,1-2H3. The van der Waals surface area contributed by atoms with Gasteiger partial charge in [0, 0.05) is 50.2 Å². The molecule has 2 aromatic rings. The Morgan fingerprint density at radius 2 is 1.94 bits per heavy atom. The van der Waals surface area contributed by atoms with Crippen LogP contribution < -0.4 is 14.5 Å². The highest BCUT2D eigenvalue weighted by atomic mass is 35.5. The molecule has 0 N–H and O–H groups in total. The summed E-state index contributed by atoms with van der Waals surface area (Å²) >= 11 is 6.12. The van der Waals surface area contributed by atoms with Gasteiger partial charge >= 0.3 is 0 Å². The van der Waals surface area contributed by atoms with E-state index in [2.05, 4.69) is 4.98 Å². The number of carbonyl (C=O) groups excluding carboxylic acids is 2. The van der Waals surface area contributed by atoms with E-state index in [9.17, 15) is 19.7 Å². The molecule has 10 nitrogen and oxygen atoms in total. The van der Waals surface area contributed by atoms with E-state index in [1.54, 1.807) is 47.9 Å². The van der Waals surface area contributed by atoms with Crippen LogP contribution in [-0.4, -0.2) is 64.9 Å². The Kier molecular flexibility index (Phi) is 6.11. The zero-order valence-corrected chi connectivity index (χ0v) is 19.1. The summed E-state index contributed by atoms with van der Waals surface area (Å²) in [6, 6.07) is 8.14. The smallest absolute Gasteiger partial charge is 0.287 e. The van der Waals surface area contributed by atoms with Crippen LogP contribution in [0.25, 0.3) is 0 Å². The van der Waals surface area contributed by atoms with Gasteiger partial charge in [-0.2, -0.15) is 0 Å². The normalized spacial score (nSPS) is 17.4. The maximum absolute atomic E-state index is 13.0. The van der Waals surface area contributed by atoms with E-state index in [0.717, 1.165) is 0 Å². The number of anilines is 2. The minimum atomic E-state index is -1.03. The molecule has 33 heavy (non-hydrogen) atoms. The maximum atomic E-state index is 13.0. The summed E-state index contributed by atoms with van der Waals surface area (Å²) in [7, 11) is 0. The fourth-order valence-electron chi connectivity index (χ4n) is 3.99. The molecule has 0 saturated carbocycles. The van der Waals surface area contributed by atoms with E-state index in [0.29, 0.717) is 48.5 Å². The van der Waals surface area contributed by atoms with Gasteiger partial charge in [0.25, 0.3) is 11.6 Å². The average Bonchev–Trinajstić information content (AvgIpc) is 2.80. The van der Waals surface area contributed by atoms with Gasteiger partial charge in [-0.3, -0.25) is 19.7 Å². The Morgan fingerprint density at radius 1 is 1.21 bits per heavy atom. The Balaban J connectivity index is 1.36. The van der Waals surface area contributed by atoms with Gasteiger partial charge in [0.15, 0.2) is 5.60 Å². The summed E-state index contributed by atoms with van der Waals surface area (Å²) in [6.07, 6.45) is 1.40. The van der Waals surface area contributed by atoms with Gasteiger partial charge in [0.1, 0.15) is 17.8 Å². The second kappa shape index (κ2) is 8.86. The van der Waals surface area contributed by atoms with Crippen molar-refractivity contribution in [3.05, 3.63) is 51.7 Å².